The van der Waals surface area contributed by atoms with Crippen LogP contribution in [-0.2, 0) is 11.3 Å². The first-order chi connectivity index (χ1) is 15.8. The molecule has 0 spiro atoms. The normalized spacial score (nSPS) is 15.1. The third-order valence-corrected chi connectivity index (χ3v) is 6.23. The fraction of sp³-hybridized carbons (Fsp3) is 0.208. The van der Waals surface area contributed by atoms with E-state index in [1.165, 1.54) is 11.8 Å². The molecule has 1 aliphatic rings. The molecule has 1 unspecified atom stereocenters. The van der Waals surface area contributed by atoms with Gasteiger partial charge < -0.3 is 14.5 Å². The van der Waals surface area contributed by atoms with E-state index in [-0.39, 0.29) is 17.7 Å². The molecule has 32 heavy (non-hydrogen) atoms. The number of hydrogen-bond acceptors (Lipinski definition) is 6. The summed E-state index contributed by atoms with van der Waals surface area (Å²) >= 11 is 1.37. The average molecular weight is 447 g/mol. The minimum absolute atomic E-state index is 0.0473. The molecule has 4 aromatic rings. The molecule has 5 rings (SSSR count). The van der Waals surface area contributed by atoms with Crippen LogP contribution in [0.3, 0.4) is 0 Å². The third kappa shape index (κ3) is 4.40. The number of hydrogen-bond donors (Lipinski definition) is 1. The number of furan rings is 1. The van der Waals surface area contributed by atoms with Gasteiger partial charge in [0.25, 0.3) is 0 Å². The molecule has 0 fully saturated rings. The lowest BCUT2D eigenvalue weighted by atomic mass is 10.0. The monoisotopic (exact) mass is 446 g/mol. The summed E-state index contributed by atoms with van der Waals surface area (Å²) in [5.41, 5.74) is 2.13. The highest BCUT2D eigenvalue weighted by molar-refractivity contribution is 7.99. The lowest BCUT2D eigenvalue weighted by molar-refractivity contribution is -0.119. The van der Waals surface area contributed by atoms with E-state index >= 15 is 0 Å². The molecule has 2 aromatic carbocycles. The minimum Gasteiger partial charge on any atom is -0.493 e. The standard InChI is InChI=1S/C24H22N4O3S/c29-22(25-19-12-14-31-20-10-5-4-9-18(19)20)16-32-24-27-26-23(21-11-6-13-30-21)28(24)15-17-7-2-1-3-8-17/h1-11,13,19H,12,14-16H2,(H,25,29). The van der Waals surface area contributed by atoms with Crippen LogP contribution in [0.2, 0.25) is 0 Å². The van der Waals surface area contributed by atoms with Crippen molar-refractivity contribution in [1.29, 1.82) is 0 Å². The zero-order chi connectivity index (χ0) is 21.8. The first-order valence-electron chi connectivity index (χ1n) is 10.4. The number of ether oxygens (including phenoxy) is 1. The molecule has 7 nitrogen and oxygen atoms in total. The number of nitrogens with zero attached hydrogens (tertiary/aromatic N) is 3. The van der Waals surface area contributed by atoms with Gasteiger partial charge in [-0.2, -0.15) is 0 Å². The quantitative estimate of drug-likeness (QED) is 0.426. The molecule has 162 valence electrons. The van der Waals surface area contributed by atoms with Gasteiger partial charge in [-0.25, -0.2) is 0 Å². The maximum atomic E-state index is 12.8. The molecule has 0 saturated heterocycles. The van der Waals surface area contributed by atoms with Crippen LogP contribution in [0.15, 0.2) is 82.6 Å². The number of fused-ring (bicyclic) bond motifs is 1. The number of benzene rings is 2. The zero-order valence-corrected chi connectivity index (χ0v) is 18.1. The maximum absolute atomic E-state index is 12.8. The summed E-state index contributed by atoms with van der Waals surface area (Å²) in [7, 11) is 0. The van der Waals surface area contributed by atoms with Gasteiger partial charge in [-0.1, -0.05) is 60.3 Å². The second kappa shape index (κ2) is 9.32. The molecular formula is C24H22N4O3S. The number of para-hydroxylation sites is 1. The van der Waals surface area contributed by atoms with Crippen molar-refractivity contribution in [2.45, 2.75) is 24.2 Å². The fourth-order valence-corrected chi connectivity index (χ4v) is 4.50. The van der Waals surface area contributed by atoms with Crippen molar-refractivity contribution in [2.75, 3.05) is 12.4 Å². The number of aromatic nitrogens is 3. The van der Waals surface area contributed by atoms with Gasteiger partial charge in [-0.15, -0.1) is 10.2 Å². The van der Waals surface area contributed by atoms with E-state index in [1.54, 1.807) is 6.26 Å². The van der Waals surface area contributed by atoms with Gasteiger partial charge in [0.15, 0.2) is 10.9 Å². The van der Waals surface area contributed by atoms with Gasteiger partial charge in [-0.3, -0.25) is 9.36 Å². The number of amides is 1. The Balaban J connectivity index is 1.31. The summed E-state index contributed by atoms with van der Waals surface area (Å²) in [4.78, 5) is 12.8. The van der Waals surface area contributed by atoms with Gasteiger partial charge in [0.05, 0.1) is 31.2 Å². The van der Waals surface area contributed by atoms with Crippen molar-refractivity contribution >= 4 is 17.7 Å². The second-order valence-electron chi connectivity index (χ2n) is 7.44. The number of carbonyl (C=O) groups is 1. The predicted octanol–water partition coefficient (Wildman–Crippen LogP) is 4.32. The second-order valence-corrected chi connectivity index (χ2v) is 8.38. The first-order valence-corrected chi connectivity index (χ1v) is 11.4. The van der Waals surface area contributed by atoms with E-state index in [0.717, 1.165) is 23.3 Å². The van der Waals surface area contributed by atoms with Crippen molar-refractivity contribution in [3.8, 4) is 17.3 Å². The summed E-state index contributed by atoms with van der Waals surface area (Å²) in [5, 5.41) is 12.5. The fourth-order valence-electron chi connectivity index (χ4n) is 3.75. The Hall–Kier alpha value is -3.52. The molecule has 0 radical (unpaired) electrons. The van der Waals surface area contributed by atoms with Crippen molar-refractivity contribution in [3.63, 3.8) is 0 Å². The highest BCUT2D eigenvalue weighted by atomic mass is 32.2. The molecule has 1 atom stereocenters. The van der Waals surface area contributed by atoms with Crippen LogP contribution in [0, 0.1) is 0 Å². The van der Waals surface area contributed by atoms with Crippen LogP contribution in [-0.4, -0.2) is 33.0 Å². The third-order valence-electron chi connectivity index (χ3n) is 5.27. The lowest BCUT2D eigenvalue weighted by Crippen LogP contribution is -2.33. The van der Waals surface area contributed by atoms with Gasteiger partial charge >= 0.3 is 0 Å². The van der Waals surface area contributed by atoms with Crippen LogP contribution in [0.25, 0.3) is 11.6 Å². The molecular weight excluding hydrogens is 424 g/mol. The molecule has 8 heteroatoms. The lowest BCUT2D eigenvalue weighted by Gasteiger charge is -2.26. The van der Waals surface area contributed by atoms with Gasteiger partial charge in [0.1, 0.15) is 5.75 Å². The van der Waals surface area contributed by atoms with Crippen molar-refractivity contribution in [3.05, 3.63) is 84.1 Å². The van der Waals surface area contributed by atoms with E-state index in [2.05, 4.69) is 27.6 Å². The minimum atomic E-state index is -0.0505. The molecule has 3 heterocycles. The number of nitrogens with one attached hydrogen (secondary N) is 1. The Morgan fingerprint density at radius 3 is 2.75 bits per heavy atom. The van der Waals surface area contributed by atoms with E-state index in [9.17, 15) is 4.79 Å². The van der Waals surface area contributed by atoms with Crippen molar-refractivity contribution < 1.29 is 13.9 Å². The summed E-state index contributed by atoms with van der Waals surface area (Å²) in [6.45, 7) is 1.17. The number of thioether (sulfide) groups is 1. The Morgan fingerprint density at radius 2 is 1.91 bits per heavy atom. The molecule has 0 aliphatic carbocycles. The Morgan fingerprint density at radius 1 is 1.06 bits per heavy atom. The Bertz CT molecular complexity index is 1190. The molecule has 1 aliphatic heterocycles. The topological polar surface area (TPSA) is 82.2 Å². The largest absolute Gasteiger partial charge is 0.493 e. The predicted molar refractivity (Wildman–Crippen MR) is 121 cm³/mol. The molecule has 1 amide bonds. The SMILES string of the molecule is O=C(CSc1nnc(-c2ccco2)n1Cc1ccccc1)NC1CCOc2ccccc21. The van der Waals surface area contributed by atoms with Gasteiger partial charge in [0, 0.05) is 12.0 Å². The summed E-state index contributed by atoms with van der Waals surface area (Å²) in [5.74, 6) is 2.31. The van der Waals surface area contributed by atoms with Crippen LogP contribution in [0.1, 0.15) is 23.6 Å². The molecule has 0 bridgehead atoms. The van der Waals surface area contributed by atoms with Gasteiger partial charge in [0.2, 0.25) is 11.7 Å². The highest BCUT2D eigenvalue weighted by Gasteiger charge is 2.23. The number of rotatable bonds is 7. The van der Waals surface area contributed by atoms with Crippen LogP contribution in [0.5, 0.6) is 5.75 Å². The van der Waals surface area contributed by atoms with Gasteiger partial charge in [-0.05, 0) is 23.8 Å². The molecule has 2 aromatic heterocycles. The maximum Gasteiger partial charge on any atom is 0.230 e. The van der Waals surface area contributed by atoms with Crippen LogP contribution in [0.4, 0.5) is 0 Å². The molecule has 0 saturated carbocycles. The van der Waals surface area contributed by atoms with E-state index in [1.807, 2.05) is 59.2 Å². The van der Waals surface area contributed by atoms with Crippen LogP contribution >= 0.6 is 11.8 Å². The van der Waals surface area contributed by atoms with E-state index < -0.39 is 0 Å². The van der Waals surface area contributed by atoms with Crippen LogP contribution < -0.4 is 10.1 Å². The highest BCUT2D eigenvalue weighted by Crippen LogP contribution is 2.32. The summed E-state index contributed by atoms with van der Waals surface area (Å²) in [6.07, 6.45) is 2.36. The molecule has 1 N–H and O–H groups in total. The number of carbonyl (C=O) groups excluding carboxylic acids is 1. The van der Waals surface area contributed by atoms with E-state index in [0.29, 0.717) is 29.9 Å². The average Bonchev–Trinajstić information content (AvgIpc) is 3.49. The summed E-state index contributed by atoms with van der Waals surface area (Å²) < 4.78 is 13.2. The zero-order valence-electron chi connectivity index (χ0n) is 17.3. The summed E-state index contributed by atoms with van der Waals surface area (Å²) in [6, 6.07) is 21.5. The van der Waals surface area contributed by atoms with Crippen molar-refractivity contribution in [2.24, 2.45) is 0 Å². The first kappa shape index (κ1) is 20.4. The van der Waals surface area contributed by atoms with E-state index in [4.69, 9.17) is 9.15 Å². The Labute approximate surface area is 189 Å². The Kier molecular flexibility index (Phi) is 5.93. The van der Waals surface area contributed by atoms with Crippen molar-refractivity contribution in [1.82, 2.24) is 20.1 Å². The smallest absolute Gasteiger partial charge is 0.230 e.